The van der Waals surface area contributed by atoms with Gasteiger partial charge in [0.1, 0.15) is 5.82 Å². The number of nitrogens with one attached hydrogen (secondary N) is 3. The number of ether oxygens (including phenoxy) is 1. The maximum atomic E-state index is 13.3. The van der Waals surface area contributed by atoms with Gasteiger partial charge in [0.05, 0.1) is 18.0 Å². The van der Waals surface area contributed by atoms with E-state index >= 15 is 0 Å². The average Bonchev–Trinajstić information content (AvgIpc) is 3.08. The highest BCUT2D eigenvalue weighted by atomic mass is 127. The number of nitrogens with zero attached hydrogens (tertiary/aromatic N) is 2. The summed E-state index contributed by atoms with van der Waals surface area (Å²) in [6.07, 6.45) is 2.38. The standard InChI is InChI=1S/C20H30FN5O3S.HI/c1-14-12-26(13-15(2)29-14)30(27,28)9-8-24-20(22-3)23-7-6-16-11-25-19-10-17(21)4-5-18(16)19;/h4-5,10-11,14-15,25H,6-9,12-13H2,1-3H3,(H2,22,23,24);1H. The predicted molar refractivity (Wildman–Crippen MR) is 132 cm³/mol. The fourth-order valence-corrected chi connectivity index (χ4v) is 5.18. The summed E-state index contributed by atoms with van der Waals surface area (Å²) in [5.41, 5.74) is 1.84. The van der Waals surface area contributed by atoms with Crippen LogP contribution >= 0.6 is 24.0 Å². The molecule has 2 atom stereocenters. The van der Waals surface area contributed by atoms with Crippen molar-refractivity contribution in [3.8, 4) is 0 Å². The smallest absolute Gasteiger partial charge is 0.216 e. The molecule has 11 heteroatoms. The largest absolute Gasteiger partial charge is 0.373 e. The molecule has 1 saturated heterocycles. The van der Waals surface area contributed by atoms with Crippen LogP contribution in [0.3, 0.4) is 0 Å². The topological polar surface area (TPSA) is 98.8 Å². The highest BCUT2D eigenvalue weighted by Crippen LogP contribution is 2.19. The normalized spacial score (nSPS) is 20.5. The van der Waals surface area contributed by atoms with E-state index in [0.29, 0.717) is 32.0 Å². The maximum absolute atomic E-state index is 13.3. The van der Waals surface area contributed by atoms with Gasteiger partial charge in [-0.05, 0) is 44.0 Å². The molecule has 1 aliphatic heterocycles. The molecule has 2 unspecified atom stereocenters. The third-order valence-electron chi connectivity index (χ3n) is 5.07. The fourth-order valence-electron chi connectivity index (χ4n) is 3.69. The number of guanidine groups is 1. The Labute approximate surface area is 200 Å². The highest BCUT2D eigenvalue weighted by molar-refractivity contribution is 14.0. The number of aromatic nitrogens is 1. The number of aromatic amines is 1. The molecule has 0 aliphatic carbocycles. The zero-order chi connectivity index (χ0) is 21.7. The zero-order valence-corrected chi connectivity index (χ0v) is 21.2. The minimum absolute atomic E-state index is 0. The van der Waals surface area contributed by atoms with Gasteiger partial charge in [-0.2, -0.15) is 4.31 Å². The lowest BCUT2D eigenvalue weighted by atomic mass is 10.1. The Bertz CT molecular complexity index is 988. The lowest BCUT2D eigenvalue weighted by Crippen LogP contribution is -2.50. The summed E-state index contributed by atoms with van der Waals surface area (Å²) in [6, 6.07) is 4.69. The van der Waals surface area contributed by atoms with Crippen molar-refractivity contribution in [2.75, 3.05) is 39.0 Å². The summed E-state index contributed by atoms with van der Waals surface area (Å²) in [6.45, 7) is 5.39. The summed E-state index contributed by atoms with van der Waals surface area (Å²) in [5.74, 6) is 0.260. The first-order valence-corrected chi connectivity index (χ1v) is 11.7. The van der Waals surface area contributed by atoms with Gasteiger partial charge in [-0.3, -0.25) is 4.99 Å². The van der Waals surface area contributed by atoms with Crippen LogP contribution in [0.4, 0.5) is 4.39 Å². The van der Waals surface area contributed by atoms with Crippen LogP contribution in [0.25, 0.3) is 10.9 Å². The minimum Gasteiger partial charge on any atom is -0.373 e. The van der Waals surface area contributed by atoms with Gasteiger partial charge in [-0.25, -0.2) is 12.8 Å². The second-order valence-electron chi connectivity index (χ2n) is 7.57. The second kappa shape index (κ2) is 11.4. The van der Waals surface area contributed by atoms with E-state index in [4.69, 9.17) is 4.74 Å². The molecular weight excluding hydrogens is 536 g/mol. The zero-order valence-electron chi connectivity index (χ0n) is 18.0. The summed E-state index contributed by atoms with van der Waals surface area (Å²) >= 11 is 0. The van der Waals surface area contributed by atoms with E-state index in [1.54, 1.807) is 13.1 Å². The molecule has 1 aliphatic rings. The molecule has 3 rings (SSSR count). The molecular formula is C20H31FIN5O3S. The average molecular weight is 567 g/mol. The van der Waals surface area contributed by atoms with Gasteiger partial charge < -0.3 is 20.4 Å². The molecule has 0 spiro atoms. The molecule has 31 heavy (non-hydrogen) atoms. The van der Waals surface area contributed by atoms with E-state index in [2.05, 4.69) is 20.6 Å². The van der Waals surface area contributed by atoms with Crippen molar-refractivity contribution in [1.29, 1.82) is 0 Å². The Morgan fingerprint density at radius 3 is 2.61 bits per heavy atom. The minimum atomic E-state index is -3.36. The Hall–Kier alpha value is -1.44. The van der Waals surface area contributed by atoms with Crippen molar-refractivity contribution >= 4 is 50.9 Å². The molecule has 1 aromatic heterocycles. The molecule has 0 bridgehead atoms. The SMILES string of the molecule is CN=C(NCCc1c[nH]c2cc(F)ccc12)NCCS(=O)(=O)N1CC(C)OC(C)C1.I. The van der Waals surface area contributed by atoms with E-state index in [-0.39, 0.29) is 54.3 Å². The van der Waals surface area contributed by atoms with Crippen molar-refractivity contribution in [1.82, 2.24) is 19.9 Å². The van der Waals surface area contributed by atoms with E-state index in [9.17, 15) is 12.8 Å². The number of hydrogen-bond acceptors (Lipinski definition) is 4. The quantitative estimate of drug-likeness (QED) is 0.271. The number of hydrogen-bond donors (Lipinski definition) is 3. The van der Waals surface area contributed by atoms with Crippen LogP contribution in [0.1, 0.15) is 19.4 Å². The Morgan fingerprint density at radius 1 is 1.26 bits per heavy atom. The van der Waals surface area contributed by atoms with Crippen LogP contribution in [0, 0.1) is 5.82 Å². The molecule has 174 valence electrons. The van der Waals surface area contributed by atoms with Gasteiger partial charge >= 0.3 is 0 Å². The van der Waals surface area contributed by atoms with Crippen LogP contribution in [0.15, 0.2) is 29.4 Å². The van der Waals surface area contributed by atoms with Crippen molar-refractivity contribution in [2.24, 2.45) is 4.99 Å². The second-order valence-corrected chi connectivity index (χ2v) is 9.66. The van der Waals surface area contributed by atoms with E-state index in [1.165, 1.54) is 16.4 Å². The van der Waals surface area contributed by atoms with Crippen LogP contribution in [-0.4, -0.2) is 74.9 Å². The summed E-state index contributed by atoms with van der Waals surface area (Å²) in [7, 11) is -1.72. The van der Waals surface area contributed by atoms with E-state index in [0.717, 1.165) is 16.5 Å². The number of morpholine rings is 1. The van der Waals surface area contributed by atoms with Crippen molar-refractivity contribution < 1.29 is 17.5 Å². The van der Waals surface area contributed by atoms with Crippen molar-refractivity contribution in [2.45, 2.75) is 32.5 Å². The summed E-state index contributed by atoms with van der Waals surface area (Å²) in [4.78, 5) is 7.22. The molecule has 0 saturated carbocycles. The van der Waals surface area contributed by atoms with Crippen LogP contribution < -0.4 is 10.6 Å². The Kier molecular flexibility index (Phi) is 9.52. The fraction of sp³-hybridized carbons (Fsp3) is 0.550. The number of H-pyrrole nitrogens is 1. The van der Waals surface area contributed by atoms with Gasteiger partial charge in [-0.15, -0.1) is 24.0 Å². The van der Waals surface area contributed by atoms with Gasteiger partial charge in [0.25, 0.3) is 0 Å². The number of sulfonamides is 1. The predicted octanol–water partition coefficient (Wildman–Crippen LogP) is 2.07. The lowest BCUT2D eigenvalue weighted by Gasteiger charge is -2.34. The van der Waals surface area contributed by atoms with Gasteiger partial charge in [-0.1, -0.05) is 0 Å². The molecule has 2 aromatic rings. The van der Waals surface area contributed by atoms with Crippen LogP contribution in [-0.2, 0) is 21.2 Å². The molecule has 1 aromatic carbocycles. The third kappa shape index (κ3) is 7.02. The van der Waals surface area contributed by atoms with E-state index in [1.807, 2.05) is 20.0 Å². The van der Waals surface area contributed by atoms with Crippen LogP contribution in [0.5, 0.6) is 0 Å². The monoisotopic (exact) mass is 567 g/mol. The Balaban J connectivity index is 0.00000341. The molecule has 2 heterocycles. The molecule has 0 radical (unpaired) electrons. The number of benzene rings is 1. The third-order valence-corrected chi connectivity index (χ3v) is 6.88. The summed E-state index contributed by atoms with van der Waals surface area (Å²) < 4.78 is 45.6. The Morgan fingerprint density at radius 2 is 1.94 bits per heavy atom. The van der Waals surface area contributed by atoms with Crippen molar-refractivity contribution in [3.63, 3.8) is 0 Å². The summed E-state index contributed by atoms with van der Waals surface area (Å²) in [5, 5.41) is 7.23. The van der Waals surface area contributed by atoms with Gasteiger partial charge in [0, 0.05) is 50.3 Å². The van der Waals surface area contributed by atoms with Gasteiger partial charge in [0.2, 0.25) is 10.0 Å². The first-order chi connectivity index (χ1) is 14.3. The van der Waals surface area contributed by atoms with Gasteiger partial charge in [0.15, 0.2) is 5.96 Å². The number of halogens is 2. The lowest BCUT2D eigenvalue weighted by molar-refractivity contribution is -0.0440. The highest BCUT2D eigenvalue weighted by Gasteiger charge is 2.30. The first-order valence-electron chi connectivity index (χ1n) is 10.1. The molecule has 8 nitrogen and oxygen atoms in total. The van der Waals surface area contributed by atoms with Crippen LogP contribution in [0.2, 0.25) is 0 Å². The molecule has 3 N–H and O–H groups in total. The number of rotatable bonds is 7. The van der Waals surface area contributed by atoms with Crippen molar-refractivity contribution in [3.05, 3.63) is 35.8 Å². The maximum Gasteiger partial charge on any atom is 0.216 e. The number of fused-ring (bicyclic) bond motifs is 1. The molecule has 0 amide bonds. The van der Waals surface area contributed by atoms with E-state index < -0.39 is 10.0 Å². The molecule has 1 fully saturated rings. The first kappa shape index (κ1) is 25.8. The number of aliphatic imine (C=N–C) groups is 1.